The van der Waals surface area contributed by atoms with E-state index in [-0.39, 0.29) is 5.75 Å². The van der Waals surface area contributed by atoms with Crippen LogP contribution >= 0.6 is 11.6 Å². The molecule has 0 aromatic heterocycles. The van der Waals surface area contributed by atoms with Gasteiger partial charge < -0.3 is 5.11 Å². The van der Waals surface area contributed by atoms with Crippen LogP contribution in [0.3, 0.4) is 0 Å². The molecule has 1 atom stereocenters. The molecule has 1 N–H and O–H groups in total. The van der Waals surface area contributed by atoms with E-state index >= 15 is 0 Å². The molecule has 3 rings (SSSR count). The van der Waals surface area contributed by atoms with E-state index in [1.807, 2.05) is 54.6 Å². The first kappa shape index (κ1) is 19.2. The van der Waals surface area contributed by atoms with E-state index in [0.29, 0.717) is 17.9 Å². The van der Waals surface area contributed by atoms with E-state index in [2.05, 4.69) is 24.9 Å². The molecule has 0 heterocycles. The summed E-state index contributed by atoms with van der Waals surface area (Å²) in [5.74, 6) is 0.668. The molecule has 0 fully saturated rings. The zero-order valence-electron chi connectivity index (χ0n) is 15.7. The van der Waals surface area contributed by atoms with Gasteiger partial charge in [-0.05, 0) is 59.7 Å². The Bertz CT molecular complexity index is 949. The molecule has 0 bridgehead atoms. The first-order valence-corrected chi connectivity index (χ1v) is 9.64. The summed E-state index contributed by atoms with van der Waals surface area (Å²) in [5.41, 5.74) is 5.02. The number of phenols is 1. The molecule has 0 saturated carbocycles. The molecular formula is C24H24ClNO. The Balaban J connectivity index is 1.88. The van der Waals surface area contributed by atoms with Crippen molar-refractivity contribution in [2.45, 2.75) is 32.6 Å². The van der Waals surface area contributed by atoms with Gasteiger partial charge in [0.2, 0.25) is 0 Å². The summed E-state index contributed by atoms with van der Waals surface area (Å²) in [7, 11) is 0. The maximum Gasteiger partial charge on any atom is 0.124 e. The van der Waals surface area contributed by atoms with Crippen molar-refractivity contribution in [1.82, 2.24) is 0 Å². The number of phenolic OH excluding ortho intramolecular Hbond substituents is 1. The monoisotopic (exact) mass is 377 g/mol. The van der Waals surface area contributed by atoms with Crippen LogP contribution in [0.2, 0.25) is 5.02 Å². The number of benzene rings is 3. The average molecular weight is 378 g/mol. The zero-order chi connectivity index (χ0) is 19.2. The van der Waals surface area contributed by atoms with E-state index in [1.165, 1.54) is 5.56 Å². The van der Waals surface area contributed by atoms with Crippen molar-refractivity contribution in [3.63, 3.8) is 0 Å². The van der Waals surface area contributed by atoms with Crippen LogP contribution < -0.4 is 0 Å². The molecule has 138 valence electrons. The summed E-state index contributed by atoms with van der Waals surface area (Å²) < 4.78 is 0. The molecule has 27 heavy (non-hydrogen) atoms. The second-order valence-corrected chi connectivity index (χ2v) is 7.19. The van der Waals surface area contributed by atoms with Crippen molar-refractivity contribution in [2.24, 2.45) is 4.99 Å². The smallest absolute Gasteiger partial charge is 0.124 e. The third-order valence-corrected chi connectivity index (χ3v) is 5.24. The summed E-state index contributed by atoms with van der Waals surface area (Å²) in [4.78, 5) is 4.66. The number of rotatable bonds is 6. The Morgan fingerprint density at radius 1 is 1.04 bits per heavy atom. The fourth-order valence-electron chi connectivity index (χ4n) is 3.06. The quantitative estimate of drug-likeness (QED) is 0.465. The van der Waals surface area contributed by atoms with Gasteiger partial charge in [0, 0.05) is 16.8 Å². The summed E-state index contributed by atoms with van der Waals surface area (Å²) >= 11 is 6.27. The number of hydrogen-bond donors (Lipinski definition) is 1. The molecule has 0 aliphatic carbocycles. The summed E-state index contributed by atoms with van der Waals surface area (Å²) in [6.07, 6.45) is 3.52. The Hall–Kier alpha value is -2.58. The van der Waals surface area contributed by atoms with Crippen LogP contribution in [0.15, 0.2) is 71.7 Å². The third kappa shape index (κ3) is 4.78. The minimum Gasteiger partial charge on any atom is -0.507 e. The van der Waals surface area contributed by atoms with E-state index in [4.69, 9.17) is 11.6 Å². The molecular weight excluding hydrogens is 354 g/mol. The van der Waals surface area contributed by atoms with Gasteiger partial charge in [0.25, 0.3) is 0 Å². The van der Waals surface area contributed by atoms with E-state index < -0.39 is 0 Å². The van der Waals surface area contributed by atoms with Crippen LogP contribution in [0.4, 0.5) is 5.69 Å². The Morgan fingerprint density at radius 3 is 2.56 bits per heavy atom. The molecule has 0 amide bonds. The van der Waals surface area contributed by atoms with Crippen LogP contribution in [-0.4, -0.2) is 11.3 Å². The Morgan fingerprint density at radius 2 is 1.78 bits per heavy atom. The van der Waals surface area contributed by atoms with Gasteiger partial charge in [0.1, 0.15) is 5.75 Å². The SMILES string of the molecule is CC[C@H](C)c1ccccc1N=Cc1cc(Cc2ccccc2Cl)ccc1O. The standard InChI is InChI=1S/C24H24ClNO/c1-3-17(2)21-9-5-7-11-23(21)26-16-20-15-18(12-13-24(20)27)14-19-8-4-6-10-22(19)25/h4-13,15-17,27H,3,14H2,1-2H3/t17-/m0/s1. The maximum absolute atomic E-state index is 10.2. The van der Waals surface area contributed by atoms with Crippen molar-refractivity contribution < 1.29 is 5.11 Å². The first-order chi connectivity index (χ1) is 13.1. The maximum atomic E-state index is 10.2. The highest BCUT2D eigenvalue weighted by molar-refractivity contribution is 6.31. The van der Waals surface area contributed by atoms with Gasteiger partial charge in [-0.2, -0.15) is 0 Å². The van der Waals surface area contributed by atoms with Gasteiger partial charge in [-0.1, -0.05) is 67.9 Å². The molecule has 2 nitrogen and oxygen atoms in total. The first-order valence-electron chi connectivity index (χ1n) is 9.26. The highest BCUT2D eigenvalue weighted by atomic mass is 35.5. The Kier molecular flexibility index (Phi) is 6.31. The number of halogens is 1. The van der Waals surface area contributed by atoms with Gasteiger partial charge in [-0.25, -0.2) is 0 Å². The number of para-hydroxylation sites is 1. The summed E-state index contributed by atoms with van der Waals surface area (Å²) in [6.45, 7) is 4.38. The topological polar surface area (TPSA) is 32.6 Å². The zero-order valence-corrected chi connectivity index (χ0v) is 16.4. The largest absolute Gasteiger partial charge is 0.507 e. The van der Waals surface area contributed by atoms with Crippen molar-refractivity contribution in [3.8, 4) is 5.75 Å². The lowest BCUT2D eigenvalue weighted by molar-refractivity contribution is 0.474. The molecule has 0 radical (unpaired) electrons. The molecule has 0 aliphatic heterocycles. The second kappa shape index (κ2) is 8.88. The number of nitrogens with zero attached hydrogens (tertiary/aromatic N) is 1. The minimum atomic E-state index is 0.225. The van der Waals surface area contributed by atoms with E-state index in [1.54, 1.807) is 12.3 Å². The lowest BCUT2D eigenvalue weighted by atomic mass is 9.97. The number of aliphatic imine (C=N–C) groups is 1. The third-order valence-electron chi connectivity index (χ3n) is 4.87. The van der Waals surface area contributed by atoms with E-state index in [0.717, 1.165) is 28.3 Å². The molecule has 3 heteroatoms. The highest BCUT2D eigenvalue weighted by Crippen LogP contribution is 2.29. The predicted octanol–water partition coefficient (Wildman–Crippen LogP) is 6.90. The van der Waals surface area contributed by atoms with Crippen LogP contribution in [0.1, 0.15) is 48.4 Å². The molecule has 0 spiro atoms. The lowest BCUT2D eigenvalue weighted by Gasteiger charge is -2.11. The molecule has 0 aliphatic rings. The van der Waals surface area contributed by atoms with Crippen molar-refractivity contribution >= 4 is 23.5 Å². The normalized spacial score (nSPS) is 12.4. The number of aromatic hydroxyl groups is 1. The molecule has 3 aromatic rings. The van der Waals surface area contributed by atoms with E-state index in [9.17, 15) is 5.11 Å². The van der Waals surface area contributed by atoms with Crippen molar-refractivity contribution in [2.75, 3.05) is 0 Å². The van der Waals surface area contributed by atoms with Crippen LogP contribution in [0.5, 0.6) is 5.75 Å². The van der Waals surface area contributed by atoms with Gasteiger partial charge >= 0.3 is 0 Å². The van der Waals surface area contributed by atoms with Crippen LogP contribution in [-0.2, 0) is 6.42 Å². The molecule has 0 unspecified atom stereocenters. The summed E-state index contributed by atoms with van der Waals surface area (Å²) in [5, 5.41) is 11.0. The van der Waals surface area contributed by atoms with Gasteiger partial charge in [-0.15, -0.1) is 0 Å². The van der Waals surface area contributed by atoms with Crippen LogP contribution in [0.25, 0.3) is 0 Å². The predicted molar refractivity (Wildman–Crippen MR) is 115 cm³/mol. The van der Waals surface area contributed by atoms with Crippen LogP contribution in [0, 0.1) is 0 Å². The Labute approximate surface area is 166 Å². The van der Waals surface area contributed by atoms with Crippen molar-refractivity contribution in [3.05, 3.63) is 94.0 Å². The fourth-order valence-corrected chi connectivity index (χ4v) is 3.26. The molecule has 0 saturated heterocycles. The van der Waals surface area contributed by atoms with Gasteiger partial charge in [0.05, 0.1) is 5.69 Å². The summed E-state index contributed by atoms with van der Waals surface area (Å²) in [6, 6.07) is 21.6. The van der Waals surface area contributed by atoms with Crippen molar-refractivity contribution in [1.29, 1.82) is 0 Å². The average Bonchev–Trinajstić information content (AvgIpc) is 2.69. The minimum absolute atomic E-state index is 0.225. The lowest BCUT2D eigenvalue weighted by Crippen LogP contribution is -1.93. The van der Waals surface area contributed by atoms with Gasteiger partial charge in [-0.3, -0.25) is 4.99 Å². The number of hydrogen-bond acceptors (Lipinski definition) is 2. The fraction of sp³-hybridized carbons (Fsp3) is 0.208. The highest BCUT2D eigenvalue weighted by Gasteiger charge is 2.08. The molecule has 3 aromatic carbocycles. The second-order valence-electron chi connectivity index (χ2n) is 6.79. The van der Waals surface area contributed by atoms with Gasteiger partial charge in [0.15, 0.2) is 0 Å².